The van der Waals surface area contributed by atoms with Gasteiger partial charge in [-0.15, -0.1) is 0 Å². The Kier molecular flexibility index (Phi) is 5.01. The van der Waals surface area contributed by atoms with Crippen LogP contribution in [0.5, 0.6) is 5.75 Å². The average molecular weight is 352 g/mol. The molecule has 1 atom stereocenters. The van der Waals surface area contributed by atoms with E-state index in [0.717, 1.165) is 10.0 Å². The van der Waals surface area contributed by atoms with E-state index in [2.05, 4.69) is 21.0 Å². The monoisotopic (exact) mass is 351 g/mol. The van der Waals surface area contributed by atoms with Gasteiger partial charge in [0, 0.05) is 36.9 Å². The highest BCUT2D eigenvalue weighted by atomic mass is 79.9. The van der Waals surface area contributed by atoms with Crippen molar-refractivity contribution in [3.05, 3.63) is 46.7 Å². The number of aryl methyl sites for hydroxylation is 1. The highest BCUT2D eigenvalue weighted by Gasteiger charge is 2.19. The van der Waals surface area contributed by atoms with Crippen molar-refractivity contribution in [2.75, 3.05) is 7.05 Å². The molecular formula is C15H18BrN3O2. The molecule has 1 heterocycles. The fraction of sp³-hybridized carbons (Fsp3) is 0.333. The van der Waals surface area contributed by atoms with Crippen molar-refractivity contribution in [3.63, 3.8) is 0 Å². The zero-order valence-electron chi connectivity index (χ0n) is 12.3. The highest BCUT2D eigenvalue weighted by Crippen LogP contribution is 2.18. The van der Waals surface area contributed by atoms with Crippen molar-refractivity contribution < 1.29 is 9.53 Å². The lowest BCUT2D eigenvalue weighted by atomic mass is 10.3. The van der Waals surface area contributed by atoms with Crippen LogP contribution in [0.3, 0.4) is 0 Å². The number of likely N-dealkylation sites (N-methyl/N-ethyl adjacent to an activating group) is 1. The molecular weight excluding hydrogens is 334 g/mol. The number of benzene rings is 1. The summed E-state index contributed by atoms with van der Waals surface area (Å²) in [6, 6.07) is 7.42. The predicted octanol–water partition coefficient (Wildman–Crippen LogP) is 2.61. The average Bonchev–Trinajstić information content (AvgIpc) is 2.85. The third-order valence-corrected chi connectivity index (χ3v) is 3.56. The summed E-state index contributed by atoms with van der Waals surface area (Å²) in [5.41, 5.74) is 0.990. The highest BCUT2D eigenvalue weighted by molar-refractivity contribution is 9.10. The van der Waals surface area contributed by atoms with Crippen LogP contribution in [0.2, 0.25) is 0 Å². The maximum absolute atomic E-state index is 12.3. The van der Waals surface area contributed by atoms with Crippen LogP contribution in [0.4, 0.5) is 0 Å². The zero-order valence-corrected chi connectivity index (χ0v) is 13.9. The molecule has 0 spiro atoms. The summed E-state index contributed by atoms with van der Waals surface area (Å²) in [6.07, 6.45) is 3.11. The summed E-state index contributed by atoms with van der Waals surface area (Å²) >= 11 is 3.36. The number of hydrogen-bond donors (Lipinski definition) is 0. The Morgan fingerprint density at radius 2 is 2.10 bits per heavy atom. The third kappa shape index (κ3) is 4.32. The van der Waals surface area contributed by atoms with Crippen molar-refractivity contribution in [2.45, 2.75) is 19.6 Å². The normalized spacial score (nSPS) is 12.0. The van der Waals surface area contributed by atoms with Crippen LogP contribution >= 0.6 is 15.9 Å². The number of hydrogen-bond acceptors (Lipinski definition) is 3. The number of carbonyl (C=O) groups is 1. The first-order valence-corrected chi connectivity index (χ1v) is 7.39. The van der Waals surface area contributed by atoms with Crippen molar-refractivity contribution >= 4 is 21.8 Å². The zero-order chi connectivity index (χ0) is 15.4. The maximum Gasteiger partial charge on any atom is 0.263 e. The second-order valence-electron chi connectivity index (χ2n) is 4.93. The van der Waals surface area contributed by atoms with Gasteiger partial charge < -0.3 is 9.64 Å². The summed E-state index contributed by atoms with van der Waals surface area (Å²) in [5.74, 6) is 0.607. The number of amides is 1. The minimum Gasteiger partial charge on any atom is -0.481 e. The molecule has 0 N–H and O–H groups in total. The van der Waals surface area contributed by atoms with Gasteiger partial charge in [0.15, 0.2) is 6.10 Å². The van der Waals surface area contributed by atoms with Gasteiger partial charge in [-0.1, -0.05) is 15.9 Å². The quantitative estimate of drug-likeness (QED) is 0.831. The van der Waals surface area contributed by atoms with Crippen LogP contribution in [0.1, 0.15) is 12.5 Å². The van der Waals surface area contributed by atoms with Crippen LogP contribution in [-0.4, -0.2) is 33.7 Å². The minimum absolute atomic E-state index is 0.0678. The number of aromatic nitrogens is 2. The Morgan fingerprint density at radius 3 is 2.67 bits per heavy atom. The van der Waals surface area contributed by atoms with Gasteiger partial charge in [-0.05, 0) is 31.2 Å². The van der Waals surface area contributed by atoms with Crippen molar-refractivity contribution in [1.82, 2.24) is 14.7 Å². The maximum atomic E-state index is 12.3. The Balaban J connectivity index is 1.93. The van der Waals surface area contributed by atoms with Gasteiger partial charge in [0.05, 0.1) is 6.20 Å². The molecule has 1 amide bonds. The predicted molar refractivity (Wildman–Crippen MR) is 83.9 cm³/mol. The molecule has 0 aliphatic rings. The molecule has 0 aliphatic heterocycles. The molecule has 1 unspecified atom stereocenters. The number of nitrogens with zero attached hydrogens (tertiary/aromatic N) is 3. The van der Waals surface area contributed by atoms with E-state index in [0.29, 0.717) is 12.3 Å². The summed E-state index contributed by atoms with van der Waals surface area (Å²) in [5, 5.41) is 4.09. The van der Waals surface area contributed by atoms with E-state index < -0.39 is 6.10 Å². The molecule has 112 valence electrons. The van der Waals surface area contributed by atoms with Gasteiger partial charge in [-0.25, -0.2) is 0 Å². The number of halogens is 1. The molecule has 0 saturated carbocycles. The largest absolute Gasteiger partial charge is 0.481 e. The summed E-state index contributed by atoms with van der Waals surface area (Å²) in [7, 11) is 3.61. The van der Waals surface area contributed by atoms with E-state index in [-0.39, 0.29) is 5.91 Å². The van der Waals surface area contributed by atoms with Crippen LogP contribution < -0.4 is 4.74 Å². The van der Waals surface area contributed by atoms with Crippen LogP contribution in [0.25, 0.3) is 0 Å². The fourth-order valence-electron chi connectivity index (χ4n) is 1.98. The number of rotatable bonds is 5. The summed E-state index contributed by atoms with van der Waals surface area (Å²) in [6.45, 7) is 2.27. The molecule has 0 aliphatic carbocycles. The van der Waals surface area contributed by atoms with Gasteiger partial charge in [0.1, 0.15) is 5.75 Å². The second kappa shape index (κ2) is 6.76. The smallest absolute Gasteiger partial charge is 0.263 e. The SMILES string of the molecule is CC(Oc1ccc(Br)cc1)C(=O)N(C)Cc1cnn(C)c1. The molecule has 1 aromatic carbocycles. The molecule has 6 heteroatoms. The van der Waals surface area contributed by atoms with Gasteiger partial charge in [0.25, 0.3) is 5.91 Å². The first kappa shape index (κ1) is 15.6. The van der Waals surface area contributed by atoms with Gasteiger partial charge >= 0.3 is 0 Å². The van der Waals surface area contributed by atoms with E-state index in [9.17, 15) is 4.79 Å². The molecule has 2 rings (SSSR count). The number of ether oxygens (including phenoxy) is 1. The van der Waals surface area contributed by atoms with Gasteiger partial charge in [-0.3, -0.25) is 9.48 Å². The van der Waals surface area contributed by atoms with E-state index in [1.54, 1.807) is 29.7 Å². The summed E-state index contributed by atoms with van der Waals surface area (Å²) < 4.78 is 8.35. The third-order valence-electron chi connectivity index (χ3n) is 3.03. The number of carbonyl (C=O) groups excluding carboxylic acids is 1. The molecule has 0 saturated heterocycles. The topological polar surface area (TPSA) is 47.4 Å². The lowest BCUT2D eigenvalue weighted by Gasteiger charge is -2.21. The summed E-state index contributed by atoms with van der Waals surface area (Å²) in [4.78, 5) is 13.9. The van der Waals surface area contributed by atoms with E-state index in [4.69, 9.17) is 4.74 Å². The standard InChI is InChI=1S/C15H18BrN3O2/c1-11(21-14-6-4-13(16)5-7-14)15(20)18(2)9-12-8-17-19(3)10-12/h4-8,10-11H,9H2,1-3H3. The Labute approximate surface area is 132 Å². The van der Waals surface area contributed by atoms with Gasteiger partial charge in [0.2, 0.25) is 0 Å². The fourth-order valence-corrected chi connectivity index (χ4v) is 2.25. The van der Waals surface area contributed by atoms with Crippen molar-refractivity contribution in [3.8, 4) is 5.75 Å². The lowest BCUT2D eigenvalue weighted by molar-refractivity contribution is -0.137. The van der Waals surface area contributed by atoms with Gasteiger partial charge in [-0.2, -0.15) is 5.10 Å². The van der Waals surface area contributed by atoms with Crippen LogP contribution in [0, 0.1) is 0 Å². The Morgan fingerprint density at radius 1 is 1.43 bits per heavy atom. The molecule has 2 aromatic rings. The first-order chi connectivity index (χ1) is 9.95. The van der Waals surface area contributed by atoms with Crippen LogP contribution in [0.15, 0.2) is 41.1 Å². The van der Waals surface area contributed by atoms with Crippen molar-refractivity contribution in [1.29, 1.82) is 0 Å². The van der Waals surface area contributed by atoms with Crippen molar-refractivity contribution in [2.24, 2.45) is 7.05 Å². The molecule has 0 fully saturated rings. The minimum atomic E-state index is -0.534. The van der Waals surface area contributed by atoms with E-state index in [1.807, 2.05) is 37.5 Å². The molecule has 0 radical (unpaired) electrons. The first-order valence-electron chi connectivity index (χ1n) is 6.60. The second-order valence-corrected chi connectivity index (χ2v) is 5.85. The van der Waals surface area contributed by atoms with Crippen LogP contribution in [-0.2, 0) is 18.4 Å². The molecule has 21 heavy (non-hydrogen) atoms. The molecule has 0 bridgehead atoms. The Bertz CT molecular complexity index is 610. The van der Waals surface area contributed by atoms with E-state index in [1.165, 1.54) is 0 Å². The molecule has 5 nitrogen and oxygen atoms in total. The lowest BCUT2D eigenvalue weighted by Crippen LogP contribution is -2.37. The Hall–Kier alpha value is -1.82. The molecule has 1 aromatic heterocycles. The van der Waals surface area contributed by atoms with E-state index >= 15 is 0 Å².